The van der Waals surface area contributed by atoms with E-state index in [2.05, 4.69) is 80.7 Å². The molecule has 0 aromatic heterocycles. The summed E-state index contributed by atoms with van der Waals surface area (Å²) in [5, 5.41) is 3.66. The first-order valence-corrected chi connectivity index (χ1v) is 7.73. The van der Waals surface area contributed by atoms with E-state index in [4.69, 9.17) is 0 Å². The molecule has 0 spiro atoms. The Labute approximate surface area is 131 Å². The fourth-order valence-electron chi connectivity index (χ4n) is 3.46. The maximum absolute atomic E-state index is 3.66. The lowest BCUT2D eigenvalue weighted by molar-refractivity contribution is 1.34. The first-order chi connectivity index (χ1) is 10.7. The number of benzene rings is 3. The minimum absolute atomic E-state index is 1.19. The third-order valence-corrected chi connectivity index (χ3v) is 4.74. The van der Waals surface area contributed by atoms with E-state index < -0.39 is 0 Å². The van der Waals surface area contributed by atoms with Crippen molar-refractivity contribution >= 4 is 11.4 Å². The highest BCUT2D eigenvalue weighted by molar-refractivity contribution is 6.00. The van der Waals surface area contributed by atoms with Gasteiger partial charge in [0.2, 0.25) is 0 Å². The summed E-state index contributed by atoms with van der Waals surface area (Å²) in [5.41, 5.74) is 11.6. The van der Waals surface area contributed by atoms with E-state index in [9.17, 15) is 0 Å². The summed E-state index contributed by atoms with van der Waals surface area (Å²) < 4.78 is 0. The number of hydrogen-bond acceptors (Lipinski definition) is 1. The van der Waals surface area contributed by atoms with Gasteiger partial charge in [-0.3, -0.25) is 0 Å². The van der Waals surface area contributed by atoms with Crippen LogP contribution in [0.25, 0.3) is 22.3 Å². The molecular formula is C21H19N. The van der Waals surface area contributed by atoms with E-state index in [0.29, 0.717) is 0 Å². The molecule has 0 unspecified atom stereocenters. The van der Waals surface area contributed by atoms with E-state index in [-0.39, 0.29) is 0 Å². The normalized spacial score (nSPS) is 11.8. The summed E-state index contributed by atoms with van der Waals surface area (Å²) in [6, 6.07) is 19.6. The zero-order valence-electron chi connectivity index (χ0n) is 13.2. The Kier molecular flexibility index (Phi) is 2.83. The van der Waals surface area contributed by atoms with Crippen LogP contribution in [0.1, 0.15) is 16.7 Å². The second kappa shape index (κ2) is 4.74. The van der Waals surface area contributed by atoms with E-state index in [1.54, 1.807) is 0 Å². The summed E-state index contributed by atoms with van der Waals surface area (Å²) in [6.07, 6.45) is 0. The van der Waals surface area contributed by atoms with Gasteiger partial charge in [0.1, 0.15) is 0 Å². The second-order valence-electron chi connectivity index (χ2n) is 6.10. The van der Waals surface area contributed by atoms with Crippen molar-refractivity contribution in [1.82, 2.24) is 0 Å². The van der Waals surface area contributed by atoms with Gasteiger partial charge in [0.25, 0.3) is 0 Å². The van der Waals surface area contributed by atoms with Gasteiger partial charge in [-0.15, -0.1) is 0 Å². The predicted molar refractivity (Wildman–Crippen MR) is 94.8 cm³/mol. The van der Waals surface area contributed by atoms with Gasteiger partial charge in [-0.05, 0) is 60.7 Å². The minimum Gasteiger partial charge on any atom is -0.354 e. The summed E-state index contributed by atoms with van der Waals surface area (Å²) in [6.45, 7) is 6.59. The lowest BCUT2D eigenvalue weighted by Gasteiger charge is -2.15. The molecule has 0 atom stereocenters. The molecule has 0 saturated heterocycles. The molecule has 0 radical (unpaired) electrons. The smallest absolute Gasteiger partial charge is 0.0467 e. The highest BCUT2D eigenvalue weighted by Crippen LogP contribution is 2.46. The molecule has 1 aliphatic rings. The molecule has 108 valence electrons. The molecule has 1 aliphatic heterocycles. The van der Waals surface area contributed by atoms with E-state index in [1.165, 1.54) is 50.3 Å². The van der Waals surface area contributed by atoms with Crippen molar-refractivity contribution < 1.29 is 0 Å². The Morgan fingerprint density at radius 1 is 0.591 bits per heavy atom. The number of aryl methyl sites for hydroxylation is 2. The van der Waals surface area contributed by atoms with Crippen LogP contribution < -0.4 is 5.32 Å². The quantitative estimate of drug-likeness (QED) is 0.417. The molecule has 1 nitrogen and oxygen atoms in total. The largest absolute Gasteiger partial charge is 0.354 e. The molecule has 1 N–H and O–H groups in total. The molecular weight excluding hydrogens is 266 g/mol. The molecule has 3 aromatic carbocycles. The third kappa shape index (κ3) is 1.79. The molecule has 1 heteroatoms. The van der Waals surface area contributed by atoms with Crippen LogP contribution in [0.2, 0.25) is 0 Å². The summed E-state index contributed by atoms with van der Waals surface area (Å²) >= 11 is 0. The Morgan fingerprint density at radius 2 is 1.27 bits per heavy atom. The fourth-order valence-corrected chi connectivity index (χ4v) is 3.46. The van der Waals surface area contributed by atoms with Crippen molar-refractivity contribution in [2.45, 2.75) is 20.8 Å². The number of anilines is 2. The summed E-state index contributed by atoms with van der Waals surface area (Å²) in [5.74, 6) is 0. The molecule has 0 saturated carbocycles. The predicted octanol–water partition coefficient (Wildman–Crippen LogP) is 6.00. The van der Waals surface area contributed by atoms with Gasteiger partial charge in [-0.25, -0.2) is 0 Å². The standard InChI is InChI=1S/C21H19N/c1-13-11-12-19-21(15(13)3)17-9-5-4-8-16(17)20-14(2)7-6-10-18(20)22-19/h4-12,22H,1-3H3. The number of nitrogens with one attached hydrogen (secondary N) is 1. The SMILES string of the molecule is Cc1ccc2c(c1C)-c1ccccc1-c1c(C)cccc1N2. The lowest BCUT2D eigenvalue weighted by Crippen LogP contribution is -1.95. The van der Waals surface area contributed by atoms with Gasteiger partial charge in [0.05, 0.1) is 0 Å². The minimum atomic E-state index is 1.19. The van der Waals surface area contributed by atoms with Gasteiger partial charge in [-0.2, -0.15) is 0 Å². The third-order valence-electron chi connectivity index (χ3n) is 4.74. The number of fused-ring (bicyclic) bond motifs is 5. The fraction of sp³-hybridized carbons (Fsp3) is 0.143. The van der Waals surface area contributed by atoms with Crippen LogP contribution in [-0.4, -0.2) is 0 Å². The van der Waals surface area contributed by atoms with Crippen LogP contribution >= 0.6 is 0 Å². The van der Waals surface area contributed by atoms with Crippen molar-refractivity contribution in [3.05, 3.63) is 71.3 Å². The van der Waals surface area contributed by atoms with Crippen LogP contribution in [0.5, 0.6) is 0 Å². The molecule has 3 aromatic rings. The second-order valence-corrected chi connectivity index (χ2v) is 6.10. The zero-order chi connectivity index (χ0) is 15.3. The lowest BCUT2D eigenvalue weighted by atomic mass is 9.89. The summed E-state index contributed by atoms with van der Waals surface area (Å²) in [7, 11) is 0. The first-order valence-electron chi connectivity index (χ1n) is 7.73. The Bertz CT molecular complexity index is 890. The van der Waals surface area contributed by atoms with Crippen molar-refractivity contribution in [3.63, 3.8) is 0 Å². The molecule has 1 heterocycles. The highest BCUT2D eigenvalue weighted by atomic mass is 14.9. The summed E-state index contributed by atoms with van der Waals surface area (Å²) in [4.78, 5) is 0. The Morgan fingerprint density at radius 3 is 2.05 bits per heavy atom. The van der Waals surface area contributed by atoms with Gasteiger partial charge in [0.15, 0.2) is 0 Å². The van der Waals surface area contributed by atoms with E-state index >= 15 is 0 Å². The van der Waals surface area contributed by atoms with Gasteiger partial charge >= 0.3 is 0 Å². The topological polar surface area (TPSA) is 12.0 Å². The average molecular weight is 285 g/mol. The van der Waals surface area contributed by atoms with Crippen molar-refractivity contribution in [1.29, 1.82) is 0 Å². The molecule has 0 amide bonds. The Balaban J connectivity index is 2.17. The van der Waals surface area contributed by atoms with Crippen LogP contribution in [0.15, 0.2) is 54.6 Å². The van der Waals surface area contributed by atoms with Gasteiger partial charge in [0, 0.05) is 22.5 Å². The molecule has 4 rings (SSSR count). The average Bonchev–Trinajstić information content (AvgIpc) is 2.66. The van der Waals surface area contributed by atoms with Crippen molar-refractivity contribution in [3.8, 4) is 22.3 Å². The first kappa shape index (κ1) is 13.1. The highest BCUT2D eigenvalue weighted by Gasteiger charge is 2.21. The van der Waals surface area contributed by atoms with E-state index in [0.717, 1.165) is 0 Å². The maximum Gasteiger partial charge on any atom is 0.0467 e. The maximum atomic E-state index is 3.66. The van der Waals surface area contributed by atoms with Gasteiger partial charge in [-0.1, -0.05) is 42.5 Å². The van der Waals surface area contributed by atoms with Gasteiger partial charge < -0.3 is 5.32 Å². The van der Waals surface area contributed by atoms with Crippen LogP contribution in [0, 0.1) is 20.8 Å². The Hall–Kier alpha value is -2.54. The number of rotatable bonds is 0. The van der Waals surface area contributed by atoms with Crippen molar-refractivity contribution in [2.75, 3.05) is 5.32 Å². The zero-order valence-corrected chi connectivity index (χ0v) is 13.2. The van der Waals surface area contributed by atoms with Crippen LogP contribution in [0.4, 0.5) is 11.4 Å². The molecule has 22 heavy (non-hydrogen) atoms. The molecule has 0 aliphatic carbocycles. The van der Waals surface area contributed by atoms with E-state index in [1.807, 2.05) is 0 Å². The number of hydrogen-bond donors (Lipinski definition) is 1. The van der Waals surface area contributed by atoms with Crippen LogP contribution in [0.3, 0.4) is 0 Å². The van der Waals surface area contributed by atoms with Crippen LogP contribution in [-0.2, 0) is 0 Å². The molecule has 0 fully saturated rings. The van der Waals surface area contributed by atoms with Crippen molar-refractivity contribution in [2.24, 2.45) is 0 Å². The molecule has 0 bridgehead atoms. The monoisotopic (exact) mass is 285 g/mol.